The number of hydrogen-bond donors (Lipinski definition) is 0. The van der Waals surface area contributed by atoms with Crippen LogP contribution in [0.1, 0.15) is 12.5 Å². The zero-order chi connectivity index (χ0) is 15.6. The van der Waals surface area contributed by atoms with Gasteiger partial charge in [-0.2, -0.15) is 0 Å². The molecule has 3 rings (SSSR count). The van der Waals surface area contributed by atoms with Crippen molar-refractivity contribution >= 4 is 15.7 Å². The summed E-state index contributed by atoms with van der Waals surface area (Å²) in [5, 5.41) is 0.186. The van der Waals surface area contributed by atoms with Crippen LogP contribution in [0.3, 0.4) is 0 Å². The van der Waals surface area contributed by atoms with Crippen molar-refractivity contribution in [1.82, 2.24) is 4.98 Å². The molecule has 3 heteroatoms. The number of benzene rings is 2. The van der Waals surface area contributed by atoms with Gasteiger partial charge in [-0.15, -0.1) is 0 Å². The van der Waals surface area contributed by atoms with Crippen molar-refractivity contribution in [1.29, 1.82) is 0 Å². The molecule has 0 fully saturated rings. The van der Waals surface area contributed by atoms with Gasteiger partial charge in [-0.1, -0.05) is 72.3 Å². The molecule has 0 unspecified atom stereocenters. The number of rotatable bonds is 3. The van der Waals surface area contributed by atoms with E-state index in [1.54, 1.807) is 0 Å². The minimum Gasteiger partial charge on any atom is -0.256 e. The van der Waals surface area contributed by atoms with E-state index in [-0.39, 0.29) is 5.21 Å². The molecular formula is C19H19B2N. The van der Waals surface area contributed by atoms with Gasteiger partial charge in [0.25, 0.3) is 0 Å². The van der Waals surface area contributed by atoms with Gasteiger partial charge in [0.05, 0.1) is 5.69 Å². The maximum absolute atomic E-state index is 4.49. The monoisotopic (exact) mass is 283 g/mol. The predicted molar refractivity (Wildman–Crippen MR) is 99.5 cm³/mol. The summed E-state index contributed by atoms with van der Waals surface area (Å²) in [5.74, 6) is 0. The number of hydrogen-bond acceptors (Lipinski definition) is 1. The van der Waals surface area contributed by atoms with E-state index in [1.165, 1.54) is 16.7 Å². The first kappa shape index (κ1) is 14.6. The minimum absolute atomic E-state index is 0.186. The molecule has 0 N–H and O–H groups in total. The molecule has 1 heterocycles. The average molecular weight is 283 g/mol. The molecule has 0 saturated carbocycles. The van der Waals surface area contributed by atoms with Crippen LogP contribution >= 0.6 is 0 Å². The van der Waals surface area contributed by atoms with E-state index in [2.05, 4.69) is 76.1 Å². The van der Waals surface area contributed by atoms with Crippen LogP contribution < -0.4 is 0 Å². The summed E-state index contributed by atoms with van der Waals surface area (Å²) in [5.41, 5.74) is 5.95. The van der Waals surface area contributed by atoms with Gasteiger partial charge in [-0.25, -0.2) is 0 Å². The fourth-order valence-corrected chi connectivity index (χ4v) is 2.54. The molecule has 0 amide bonds. The van der Waals surface area contributed by atoms with E-state index in [0.29, 0.717) is 0 Å². The van der Waals surface area contributed by atoms with Gasteiger partial charge in [-0.05, 0) is 23.3 Å². The first-order chi connectivity index (χ1) is 10.5. The topological polar surface area (TPSA) is 12.9 Å². The molecule has 1 nitrogen and oxygen atoms in total. The molecule has 0 atom stereocenters. The lowest BCUT2D eigenvalue weighted by molar-refractivity contribution is 0.973. The van der Waals surface area contributed by atoms with Crippen molar-refractivity contribution in [2.24, 2.45) is 0 Å². The van der Waals surface area contributed by atoms with Gasteiger partial charge in [-0.3, -0.25) is 4.98 Å². The predicted octanol–water partition coefficient (Wildman–Crippen LogP) is 2.85. The highest BCUT2D eigenvalue weighted by molar-refractivity contribution is 6.39. The van der Waals surface area contributed by atoms with Gasteiger partial charge in [0, 0.05) is 11.8 Å². The number of nitrogens with zero attached hydrogens (tertiary/aromatic N) is 1. The van der Waals surface area contributed by atoms with Crippen LogP contribution in [0.25, 0.3) is 22.4 Å². The van der Waals surface area contributed by atoms with Crippen LogP contribution in [-0.4, -0.2) is 20.7 Å². The zero-order valence-electron chi connectivity index (χ0n) is 13.4. The molecule has 0 radical (unpaired) electrons. The smallest absolute Gasteiger partial charge is 0.104 e. The average Bonchev–Trinajstić information content (AvgIpc) is 2.55. The first-order valence-electron chi connectivity index (χ1n) is 7.66. The highest BCUT2D eigenvalue weighted by Crippen LogP contribution is 2.26. The Kier molecular flexibility index (Phi) is 3.89. The van der Waals surface area contributed by atoms with Gasteiger partial charge >= 0.3 is 0 Å². The molecule has 2 aromatic carbocycles. The molecular weight excluding hydrogens is 264 g/mol. The zero-order valence-corrected chi connectivity index (χ0v) is 13.4. The molecule has 0 bridgehead atoms. The van der Waals surface area contributed by atoms with Crippen LogP contribution in [0.5, 0.6) is 0 Å². The largest absolute Gasteiger partial charge is 0.256 e. The summed E-state index contributed by atoms with van der Waals surface area (Å²) in [6.07, 6.45) is 1.88. The Morgan fingerprint density at radius 2 is 1.45 bits per heavy atom. The number of pyridine rings is 1. The Bertz CT molecular complexity index is 759. The van der Waals surface area contributed by atoms with Gasteiger partial charge < -0.3 is 0 Å². The summed E-state index contributed by atoms with van der Waals surface area (Å²) in [4.78, 5) is 4.49. The van der Waals surface area contributed by atoms with E-state index in [0.717, 1.165) is 11.3 Å². The molecule has 0 spiro atoms. The van der Waals surface area contributed by atoms with E-state index in [1.807, 2.05) is 24.4 Å². The fraction of sp³-hybridized carbons (Fsp3) is 0.105. The Balaban J connectivity index is 1.96. The van der Waals surface area contributed by atoms with Gasteiger partial charge in [0.1, 0.15) is 15.7 Å². The lowest BCUT2D eigenvalue weighted by atomic mass is 9.52. The molecule has 0 aliphatic rings. The highest BCUT2D eigenvalue weighted by atomic mass is 14.7. The summed E-state index contributed by atoms with van der Waals surface area (Å²) < 4.78 is 0. The molecule has 0 aliphatic carbocycles. The van der Waals surface area contributed by atoms with Gasteiger partial charge in [0.15, 0.2) is 0 Å². The van der Waals surface area contributed by atoms with Gasteiger partial charge in [0.2, 0.25) is 0 Å². The molecule has 22 heavy (non-hydrogen) atoms. The lowest BCUT2D eigenvalue weighted by Crippen LogP contribution is -2.21. The Morgan fingerprint density at radius 3 is 2.09 bits per heavy atom. The van der Waals surface area contributed by atoms with E-state index in [4.69, 9.17) is 0 Å². The highest BCUT2D eigenvalue weighted by Gasteiger charge is 2.13. The first-order valence-corrected chi connectivity index (χ1v) is 7.66. The third kappa shape index (κ3) is 3.14. The standard InChI is InChI=1S/C19H19B2N/c1-19(20,21)17-9-7-14(8-10-17)16-11-12-22-18(13-16)15-5-3-2-4-6-15/h2-13H,20-21H2,1H3. The van der Waals surface area contributed by atoms with Crippen molar-refractivity contribution in [3.05, 3.63) is 78.5 Å². The van der Waals surface area contributed by atoms with E-state index >= 15 is 0 Å². The number of aromatic nitrogens is 1. The van der Waals surface area contributed by atoms with Crippen molar-refractivity contribution in [3.8, 4) is 22.4 Å². The second-order valence-corrected chi connectivity index (χ2v) is 6.62. The van der Waals surface area contributed by atoms with Crippen LogP contribution in [0, 0.1) is 0 Å². The normalized spacial score (nSPS) is 11.3. The Morgan fingerprint density at radius 1 is 0.773 bits per heavy atom. The fourth-order valence-electron chi connectivity index (χ4n) is 2.54. The Labute approximate surface area is 134 Å². The van der Waals surface area contributed by atoms with Crippen molar-refractivity contribution in [3.63, 3.8) is 0 Å². The third-order valence-corrected chi connectivity index (χ3v) is 3.91. The summed E-state index contributed by atoms with van der Waals surface area (Å²) in [6.45, 7) is 2.24. The van der Waals surface area contributed by atoms with Crippen LogP contribution in [0.2, 0.25) is 0 Å². The SMILES string of the molecule is BC(B)(C)c1ccc(-c2ccnc(-c3ccccc3)c2)cc1. The second-order valence-electron chi connectivity index (χ2n) is 6.62. The third-order valence-electron chi connectivity index (χ3n) is 3.91. The lowest BCUT2D eigenvalue weighted by Gasteiger charge is -2.19. The Hall–Kier alpha value is -2.28. The summed E-state index contributed by atoms with van der Waals surface area (Å²) >= 11 is 0. The van der Waals surface area contributed by atoms with Crippen molar-refractivity contribution < 1.29 is 0 Å². The van der Waals surface area contributed by atoms with E-state index < -0.39 is 0 Å². The van der Waals surface area contributed by atoms with Crippen LogP contribution in [-0.2, 0) is 5.21 Å². The molecule has 0 saturated heterocycles. The molecule has 1 aromatic heterocycles. The second kappa shape index (κ2) is 5.84. The quantitative estimate of drug-likeness (QED) is 0.673. The van der Waals surface area contributed by atoms with Crippen molar-refractivity contribution in [2.75, 3.05) is 0 Å². The molecule has 106 valence electrons. The summed E-state index contributed by atoms with van der Waals surface area (Å²) in [6, 6.07) is 23.4. The molecule has 3 aromatic rings. The minimum atomic E-state index is 0.186. The maximum Gasteiger partial charge on any atom is 0.104 e. The maximum atomic E-state index is 4.49. The van der Waals surface area contributed by atoms with Crippen molar-refractivity contribution in [2.45, 2.75) is 12.1 Å². The van der Waals surface area contributed by atoms with E-state index in [9.17, 15) is 0 Å². The molecule has 0 aliphatic heterocycles. The van der Waals surface area contributed by atoms with Crippen LogP contribution in [0.4, 0.5) is 0 Å². The summed E-state index contributed by atoms with van der Waals surface area (Å²) in [7, 11) is 4.48. The van der Waals surface area contributed by atoms with Crippen LogP contribution in [0.15, 0.2) is 72.9 Å².